The predicted molar refractivity (Wildman–Crippen MR) is 106 cm³/mol. The van der Waals surface area contributed by atoms with Gasteiger partial charge in [0.15, 0.2) is 5.69 Å². The molecule has 1 aromatic carbocycles. The van der Waals surface area contributed by atoms with E-state index in [1.54, 1.807) is 4.90 Å². The lowest BCUT2D eigenvalue weighted by Crippen LogP contribution is -2.55. The van der Waals surface area contributed by atoms with Crippen molar-refractivity contribution in [1.29, 1.82) is 0 Å². The lowest BCUT2D eigenvalue weighted by molar-refractivity contribution is -0.141. The van der Waals surface area contributed by atoms with Crippen LogP contribution in [-0.2, 0) is 12.6 Å². The van der Waals surface area contributed by atoms with Crippen LogP contribution < -0.4 is 5.19 Å². The number of aryl methyl sites for hydroxylation is 1. The van der Waals surface area contributed by atoms with Crippen molar-refractivity contribution in [1.82, 2.24) is 9.88 Å². The zero-order chi connectivity index (χ0) is 20.5. The van der Waals surface area contributed by atoms with Crippen LogP contribution in [0, 0.1) is 0 Å². The molecule has 1 amide bonds. The van der Waals surface area contributed by atoms with Gasteiger partial charge < -0.3 is 4.90 Å². The Hall–Kier alpha value is -2.15. The Morgan fingerprint density at radius 3 is 2.46 bits per heavy atom. The molecule has 0 saturated heterocycles. The lowest BCUT2D eigenvalue weighted by atomic mass is 10.1. The van der Waals surface area contributed by atoms with E-state index >= 15 is 0 Å². The number of alkyl halides is 3. The van der Waals surface area contributed by atoms with Gasteiger partial charge in [0.05, 0.1) is 5.56 Å². The van der Waals surface area contributed by atoms with Crippen LogP contribution >= 0.6 is 0 Å². The third-order valence-corrected chi connectivity index (χ3v) is 8.33. The number of halogens is 3. The van der Waals surface area contributed by atoms with Crippen molar-refractivity contribution in [2.24, 2.45) is 0 Å². The normalized spacial score (nSPS) is 14.8. The Balaban J connectivity index is 1.94. The monoisotopic (exact) mass is 406 g/mol. The van der Waals surface area contributed by atoms with Crippen molar-refractivity contribution in [3.05, 3.63) is 59.4 Å². The summed E-state index contributed by atoms with van der Waals surface area (Å²) in [6.07, 6.45) is -0.495. The van der Waals surface area contributed by atoms with Gasteiger partial charge in [0, 0.05) is 18.4 Å². The van der Waals surface area contributed by atoms with Crippen LogP contribution in [0.1, 0.15) is 41.4 Å². The molecule has 0 radical (unpaired) electrons. The number of amides is 1. The van der Waals surface area contributed by atoms with Crippen LogP contribution in [0.4, 0.5) is 13.2 Å². The highest BCUT2D eigenvalue weighted by Gasteiger charge is 2.42. The molecule has 1 aromatic heterocycles. The van der Waals surface area contributed by atoms with Crippen LogP contribution in [0.3, 0.4) is 0 Å². The molecule has 1 saturated carbocycles. The van der Waals surface area contributed by atoms with Crippen molar-refractivity contribution in [2.45, 2.75) is 51.5 Å². The molecule has 2 aromatic rings. The molecule has 7 heteroatoms. The molecule has 150 valence electrons. The maximum Gasteiger partial charge on any atom is 0.434 e. The summed E-state index contributed by atoms with van der Waals surface area (Å²) in [5, 5.41) is 1.26. The van der Waals surface area contributed by atoms with E-state index in [4.69, 9.17) is 0 Å². The van der Waals surface area contributed by atoms with Gasteiger partial charge in [-0.3, -0.25) is 9.78 Å². The highest BCUT2D eigenvalue weighted by molar-refractivity contribution is 6.90. The second-order valence-corrected chi connectivity index (χ2v) is 12.6. The predicted octanol–water partition coefficient (Wildman–Crippen LogP) is 4.42. The van der Waals surface area contributed by atoms with E-state index in [1.165, 1.54) is 22.9 Å². The summed E-state index contributed by atoms with van der Waals surface area (Å²) in [5.74, 6) is -0.558. The van der Waals surface area contributed by atoms with Gasteiger partial charge in [0.2, 0.25) is 0 Å². The maximum absolute atomic E-state index is 13.4. The molecule has 1 aliphatic carbocycles. The Kier molecular flexibility index (Phi) is 5.66. The molecular weight excluding hydrogens is 381 g/mol. The van der Waals surface area contributed by atoms with Gasteiger partial charge in [-0.15, -0.1) is 0 Å². The van der Waals surface area contributed by atoms with Crippen LogP contribution in [0.15, 0.2) is 42.6 Å². The molecule has 0 atom stereocenters. The average molecular weight is 407 g/mol. The van der Waals surface area contributed by atoms with E-state index in [9.17, 15) is 18.0 Å². The molecule has 1 aliphatic rings. The first-order chi connectivity index (χ1) is 13.1. The van der Waals surface area contributed by atoms with Crippen molar-refractivity contribution in [3.63, 3.8) is 0 Å². The number of rotatable bonds is 6. The SMILES string of the molecule is CCc1ccccc1[Si](C)(C)CN(C(=O)c1cccnc1C(F)(F)F)C1CC1. The van der Waals surface area contributed by atoms with Gasteiger partial charge in [-0.2, -0.15) is 13.2 Å². The number of carbonyl (C=O) groups is 1. The fourth-order valence-electron chi connectivity index (χ4n) is 3.71. The van der Waals surface area contributed by atoms with E-state index in [0.717, 1.165) is 25.5 Å². The van der Waals surface area contributed by atoms with Crippen LogP contribution in [0.2, 0.25) is 13.1 Å². The number of hydrogen-bond acceptors (Lipinski definition) is 2. The molecule has 0 N–H and O–H groups in total. The Labute approximate surface area is 164 Å². The minimum Gasteiger partial charge on any atom is -0.338 e. The van der Waals surface area contributed by atoms with Crippen molar-refractivity contribution < 1.29 is 18.0 Å². The summed E-state index contributed by atoms with van der Waals surface area (Å²) >= 11 is 0. The Morgan fingerprint density at radius 2 is 1.86 bits per heavy atom. The van der Waals surface area contributed by atoms with Gasteiger partial charge in [-0.25, -0.2) is 0 Å². The van der Waals surface area contributed by atoms with Gasteiger partial charge in [0.1, 0.15) is 8.07 Å². The third kappa shape index (κ3) is 4.29. The summed E-state index contributed by atoms with van der Waals surface area (Å²) in [5.41, 5.74) is -0.200. The number of pyridine rings is 1. The molecule has 3 rings (SSSR count). The molecule has 3 nitrogen and oxygen atoms in total. The molecule has 0 aliphatic heterocycles. The number of hydrogen-bond donors (Lipinski definition) is 0. The van der Waals surface area contributed by atoms with Gasteiger partial charge in [-0.1, -0.05) is 49.5 Å². The second kappa shape index (κ2) is 7.70. The molecule has 0 unspecified atom stereocenters. The number of carbonyl (C=O) groups excluding carboxylic acids is 1. The summed E-state index contributed by atoms with van der Waals surface area (Å²) < 4.78 is 40.1. The highest BCUT2D eigenvalue weighted by atomic mass is 28.3. The molecule has 0 spiro atoms. The molecule has 28 heavy (non-hydrogen) atoms. The average Bonchev–Trinajstić information content (AvgIpc) is 3.50. The van der Waals surface area contributed by atoms with E-state index in [0.29, 0.717) is 6.17 Å². The number of benzene rings is 1. The van der Waals surface area contributed by atoms with Crippen LogP contribution in [0.25, 0.3) is 0 Å². The Bertz CT molecular complexity index is 863. The van der Waals surface area contributed by atoms with Gasteiger partial charge in [0.25, 0.3) is 5.91 Å². The molecular formula is C21H25F3N2OSi. The topological polar surface area (TPSA) is 33.2 Å². The van der Waals surface area contributed by atoms with Crippen molar-refractivity contribution >= 4 is 19.2 Å². The summed E-state index contributed by atoms with van der Waals surface area (Å²) in [4.78, 5) is 18.3. The lowest BCUT2D eigenvalue weighted by Gasteiger charge is -2.33. The smallest absolute Gasteiger partial charge is 0.338 e. The summed E-state index contributed by atoms with van der Waals surface area (Å²) in [6.45, 7) is 6.45. The maximum atomic E-state index is 13.4. The summed E-state index contributed by atoms with van der Waals surface area (Å²) in [7, 11) is -2.09. The standard InChI is InChI=1S/C21H25F3N2OSi/c1-4-15-8-5-6-10-18(15)28(2,3)14-26(16-11-12-16)20(27)17-9-7-13-25-19(17)21(22,23)24/h5-10,13,16H,4,11-12,14H2,1-3H3. The fraction of sp³-hybridized carbons (Fsp3) is 0.429. The summed E-state index contributed by atoms with van der Waals surface area (Å²) in [6, 6.07) is 10.8. The minimum absolute atomic E-state index is 0.0225. The van der Waals surface area contributed by atoms with Crippen LogP contribution in [-0.4, -0.2) is 36.1 Å². The van der Waals surface area contributed by atoms with E-state index in [1.807, 2.05) is 12.1 Å². The zero-order valence-electron chi connectivity index (χ0n) is 16.4. The first-order valence-electron chi connectivity index (χ1n) is 9.56. The van der Waals surface area contributed by atoms with Crippen molar-refractivity contribution in [3.8, 4) is 0 Å². The molecule has 0 bridgehead atoms. The highest BCUT2D eigenvalue weighted by Crippen LogP contribution is 2.34. The van der Waals surface area contributed by atoms with E-state index in [-0.39, 0.29) is 11.6 Å². The van der Waals surface area contributed by atoms with E-state index < -0.39 is 25.9 Å². The quantitative estimate of drug-likeness (QED) is 0.666. The first kappa shape index (κ1) is 20.6. The third-order valence-electron chi connectivity index (χ3n) is 5.25. The van der Waals surface area contributed by atoms with Gasteiger partial charge in [-0.05, 0) is 37.0 Å². The number of aromatic nitrogens is 1. The fourth-order valence-corrected chi connectivity index (χ4v) is 6.81. The van der Waals surface area contributed by atoms with Crippen molar-refractivity contribution in [2.75, 3.05) is 6.17 Å². The molecule has 1 heterocycles. The number of nitrogens with zero attached hydrogens (tertiary/aromatic N) is 2. The van der Waals surface area contributed by atoms with E-state index in [2.05, 4.69) is 37.1 Å². The largest absolute Gasteiger partial charge is 0.434 e. The minimum atomic E-state index is -4.65. The molecule has 1 fully saturated rings. The first-order valence-corrected chi connectivity index (χ1v) is 12.8. The Morgan fingerprint density at radius 1 is 1.18 bits per heavy atom. The zero-order valence-corrected chi connectivity index (χ0v) is 17.4. The van der Waals surface area contributed by atoms with Crippen LogP contribution in [0.5, 0.6) is 0 Å². The van der Waals surface area contributed by atoms with Gasteiger partial charge >= 0.3 is 6.18 Å². The second-order valence-electron chi connectivity index (χ2n) is 7.96.